The van der Waals surface area contributed by atoms with Gasteiger partial charge in [-0.05, 0) is 36.0 Å². The van der Waals surface area contributed by atoms with Crippen molar-refractivity contribution >= 4 is 0 Å². The molecule has 1 saturated carbocycles. The predicted octanol–water partition coefficient (Wildman–Crippen LogP) is 3.21. The van der Waals surface area contributed by atoms with E-state index in [0.717, 1.165) is 37.6 Å². The fourth-order valence-electron chi connectivity index (χ4n) is 3.35. The third-order valence-electron chi connectivity index (χ3n) is 4.84. The number of ether oxygens (including phenoxy) is 2. The van der Waals surface area contributed by atoms with Crippen molar-refractivity contribution in [3.8, 4) is 11.5 Å². The maximum Gasteiger partial charge on any atom is 0.161 e. The van der Waals surface area contributed by atoms with Gasteiger partial charge in [-0.15, -0.1) is 0 Å². The lowest BCUT2D eigenvalue weighted by atomic mass is 9.71. The molecule has 0 bridgehead atoms. The molecule has 1 aliphatic carbocycles. The summed E-state index contributed by atoms with van der Waals surface area (Å²) in [4.78, 5) is 0. The summed E-state index contributed by atoms with van der Waals surface area (Å²) in [5.74, 6) is 1.70. The van der Waals surface area contributed by atoms with Crippen molar-refractivity contribution in [2.24, 2.45) is 11.1 Å². The van der Waals surface area contributed by atoms with E-state index in [0.29, 0.717) is 0 Å². The fourth-order valence-corrected chi connectivity index (χ4v) is 3.35. The number of hydrogen-bond donors (Lipinski definition) is 1. The minimum atomic E-state index is -0.252. The summed E-state index contributed by atoms with van der Waals surface area (Å²) in [6.45, 7) is 5.98. The highest BCUT2D eigenvalue weighted by molar-refractivity contribution is 5.46. The highest BCUT2D eigenvalue weighted by Crippen LogP contribution is 2.51. The fraction of sp³-hybridized carbons (Fsp3) is 0.625. The number of rotatable bonds is 1. The molecule has 3 nitrogen and oxygen atoms in total. The summed E-state index contributed by atoms with van der Waals surface area (Å²) in [7, 11) is 0. The van der Waals surface area contributed by atoms with Crippen molar-refractivity contribution in [3.05, 3.63) is 23.8 Å². The van der Waals surface area contributed by atoms with E-state index < -0.39 is 0 Å². The average Bonchev–Trinajstić information content (AvgIpc) is 2.57. The first-order valence-corrected chi connectivity index (χ1v) is 7.22. The Labute approximate surface area is 115 Å². The maximum absolute atomic E-state index is 6.73. The Balaban J connectivity index is 2.00. The molecule has 1 heterocycles. The molecule has 104 valence electrons. The molecule has 2 N–H and O–H groups in total. The van der Waals surface area contributed by atoms with Crippen molar-refractivity contribution in [3.63, 3.8) is 0 Å². The van der Waals surface area contributed by atoms with Gasteiger partial charge >= 0.3 is 0 Å². The zero-order valence-electron chi connectivity index (χ0n) is 11.9. The largest absolute Gasteiger partial charge is 0.490 e. The quantitative estimate of drug-likeness (QED) is 0.844. The van der Waals surface area contributed by atoms with E-state index in [9.17, 15) is 0 Å². The molecule has 1 aliphatic heterocycles. The maximum atomic E-state index is 6.73. The predicted molar refractivity (Wildman–Crippen MR) is 75.5 cm³/mol. The Kier molecular flexibility index (Phi) is 2.97. The van der Waals surface area contributed by atoms with E-state index >= 15 is 0 Å². The zero-order chi connectivity index (χ0) is 13.5. The van der Waals surface area contributed by atoms with Gasteiger partial charge in [0.25, 0.3) is 0 Å². The van der Waals surface area contributed by atoms with Crippen LogP contribution in [0.1, 0.15) is 45.1 Å². The Morgan fingerprint density at radius 1 is 1.00 bits per heavy atom. The molecule has 1 aromatic carbocycles. The van der Waals surface area contributed by atoms with Crippen molar-refractivity contribution in [2.45, 2.75) is 45.1 Å². The standard InChI is InChI=1S/C16H23NO2/c1-15(2)7-3-8-16(15,17)12-5-6-13-14(11-12)19-10-4-9-18-13/h5-6,11H,3-4,7-10,17H2,1-2H3. The number of hydrogen-bond acceptors (Lipinski definition) is 3. The van der Waals surface area contributed by atoms with Crippen LogP contribution in [0.5, 0.6) is 11.5 Å². The van der Waals surface area contributed by atoms with Crippen molar-refractivity contribution < 1.29 is 9.47 Å². The number of fused-ring (bicyclic) bond motifs is 1. The molecule has 0 spiro atoms. The monoisotopic (exact) mass is 261 g/mol. The lowest BCUT2D eigenvalue weighted by Crippen LogP contribution is -2.45. The Morgan fingerprint density at radius 3 is 2.42 bits per heavy atom. The van der Waals surface area contributed by atoms with Gasteiger partial charge in [-0.25, -0.2) is 0 Å². The molecular formula is C16H23NO2. The number of benzene rings is 1. The molecule has 0 saturated heterocycles. The molecule has 3 heteroatoms. The van der Waals surface area contributed by atoms with Gasteiger partial charge in [-0.2, -0.15) is 0 Å². The normalized spacial score (nSPS) is 29.0. The van der Waals surface area contributed by atoms with E-state index in [1.54, 1.807) is 0 Å². The van der Waals surface area contributed by atoms with Gasteiger partial charge in [0.1, 0.15) is 0 Å². The first kappa shape index (κ1) is 12.8. The van der Waals surface area contributed by atoms with Gasteiger partial charge in [0.15, 0.2) is 11.5 Å². The second-order valence-corrected chi connectivity index (χ2v) is 6.42. The van der Waals surface area contributed by atoms with E-state index in [4.69, 9.17) is 15.2 Å². The summed E-state index contributed by atoms with van der Waals surface area (Å²) >= 11 is 0. The zero-order valence-corrected chi connectivity index (χ0v) is 11.9. The molecule has 1 fully saturated rings. The van der Waals surface area contributed by atoms with Crippen LogP contribution >= 0.6 is 0 Å². The van der Waals surface area contributed by atoms with Crippen LogP contribution in [-0.2, 0) is 5.54 Å². The van der Waals surface area contributed by atoms with E-state index in [2.05, 4.69) is 26.0 Å². The molecule has 1 unspecified atom stereocenters. The summed E-state index contributed by atoms with van der Waals surface area (Å²) in [6, 6.07) is 6.22. The van der Waals surface area contributed by atoms with Gasteiger partial charge < -0.3 is 15.2 Å². The van der Waals surface area contributed by atoms with Crippen LogP contribution in [0.15, 0.2) is 18.2 Å². The van der Waals surface area contributed by atoms with Gasteiger partial charge in [-0.1, -0.05) is 26.3 Å². The van der Waals surface area contributed by atoms with Crippen LogP contribution in [-0.4, -0.2) is 13.2 Å². The first-order chi connectivity index (χ1) is 9.03. The smallest absolute Gasteiger partial charge is 0.161 e. The van der Waals surface area contributed by atoms with Crippen LogP contribution in [0.25, 0.3) is 0 Å². The van der Waals surface area contributed by atoms with E-state index in [1.807, 2.05) is 6.07 Å². The van der Waals surface area contributed by atoms with Gasteiger partial charge in [0.05, 0.1) is 13.2 Å². The lowest BCUT2D eigenvalue weighted by Gasteiger charge is -2.39. The van der Waals surface area contributed by atoms with Crippen LogP contribution in [0, 0.1) is 5.41 Å². The molecule has 1 aromatic rings. The van der Waals surface area contributed by atoms with Gasteiger partial charge in [0.2, 0.25) is 0 Å². The minimum Gasteiger partial charge on any atom is -0.490 e. The molecular weight excluding hydrogens is 238 g/mol. The average molecular weight is 261 g/mol. The molecule has 3 rings (SSSR count). The summed E-state index contributed by atoms with van der Waals surface area (Å²) in [6.07, 6.45) is 4.35. The van der Waals surface area contributed by atoms with Crippen LogP contribution in [0.4, 0.5) is 0 Å². The molecule has 2 aliphatic rings. The lowest BCUT2D eigenvalue weighted by molar-refractivity contribution is 0.209. The van der Waals surface area contributed by atoms with Crippen molar-refractivity contribution in [1.29, 1.82) is 0 Å². The minimum absolute atomic E-state index is 0.132. The molecule has 19 heavy (non-hydrogen) atoms. The van der Waals surface area contributed by atoms with Gasteiger partial charge in [-0.3, -0.25) is 0 Å². The van der Waals surface area contributed by atoms with E-state index in [1.165, 1.54) is 18.4 Å². The highest BCUT2D eigenvalue weighted by Gasteiger charge is 2.47. The van der Waals surface area contributed by atoms with Gasteiger partial charge in [0, 0.05) is 12.0 Å². The second kappa shape index (κ2) is 4.41. The third-order valence-corrected chi connectivity index (χ3v) is 4.84. The topological polar surface area (TPSA) is 44.5 Å². The number of nitrogens with two attached hydrogens (primary N) is 1. The second-order valence-electron chi connectivity index (χ2n) is 6.42. The Bertz CT molecular complexity index is 484. The summed E-state index contributed by atoms with van der Waals surface area (Å²) in [5.41, 5.74) is 7.79. The van der Waals surface area contributed by atoms with Crippen LogP contribution < -0.4 is 15.2 Å². The molecule has 1 atom stereocenters. The third kappa shape index (κ3) is 2.00. The van der Waals surface area contributed by atoms with Crippen LogP contribution in [0.3, 0.4) is 0 Å². The van der Waals surface area contributed by atoms with Crippen LogP contribution in [0.2, 0.25) is 0 Å². The Morgan fingerprint density at radius 2 is 1.74 bits per heavy atom. The highest BCUT2D eigenvalue weighted by atomic mass is 16.5. The summed E-state index contributed by atoms with van der Waals surface area (Å²) < 4.78 is 11.5. The van der Waals surface area contributed by atoms with E-state index in [-0.39, 0.29) is 11.0 Å². The summed E-state index contributed by atoms with van der Waals surface area (Å²) in [5, 5.41) is 0. The first-order valence-electron chi connectivity index (χ1n) is 7.22. The Hall–Kier alpha value is -1.22. The molecule has 0 amide bonds. The SMILES string of the molecule is CC1(C)CCCC1(N)c1ccc2c(c1)OCCCO2. The van der Waals surface area contributed by atoms with Crippen molar-refractivity contribution in [1.82, 2.24) is 0 Å². The molecule has 0 aromatic heterocycles. The van der Waals surface area contributed by atoms with Crippen molar-refractivity contribution in [2.75, 3.05) is 13.2 Å². The molecule has 0 radical (unpaired) electrons.